The number of nitrogens with one attached hydrogen (secondary N) is 1. The molecule has 0 radical (unpaired) electrons. The standard InChI is InChI=1S/C34H35N3O5/c1-20-17-26-27(18-21(20)2)42-31(23-13-15-24(16-14-23)34(4,5)6)32(30(26)39)41-19-28(38)35-29-22(3)36(7)37(33(29)40)25-11-9-8-10-12-25/h8-18H,19H2,1-7H3,(H,35,38). The molecule has 5 aromatic rings. The quantitative estimate of drug-likeness (QED) is 0.265. The highest BCUT2D eigenvalue weighted by molar-refractivity contribution is 5.92. The molecular weight excluding hydrogens is 530 g/mol. The number of para-hydroxylation sites is 1. The fourth-order valence-corrected chi connectivity index (χ4v) is 4.90. The van der Waals surface area contributed by atoms with Gasteiger partial charge in [0.15, 0.2) is 12.4 Å². The van der Waals surface area contributed by atoms with E-state index in [-0.39, 0.29) is 33.6 Å². The number of rotatable bonds is 6. The highest BCUT2D eigenvalue weighted by Gasteiger charge is 2.22. The third-order valence-electron chi connectivity index (χ3n) is 7.64. The van der Waals surface area contributed by atoms with Gasteiger partial charge >= 0.3 is 0 Å². The van der Waals surface area contributed by atoms with E-state index in [2.05, 4.69) is 26.1 Å². The zero-order chi connectivity index (χ0) is 30.3. The molecule has 1 N–H and O–H groups in total. The summed E-state index contributed by atoms with van der Waals surface area (Å²) in [5.41, 5.74) is 4.75. The molecule has 0 aliphatic carbocycles. The number of aryl methyl sites for hydroxylation is 2. The molecule has 42 heavy (non-hydrogen) atoms. The molecule has 2 heterocycles. The lowest BCUT2D eigenvalue weighted by molar-refractivity contribution is -0.118. The van der Waals surface area contributed by atoms with Crippen molar-refractivity contribution >= 4 is 22.6 Å². The van der Waals surface area contributed by atoms with E-state index >= 15 is 0 Å². The first kappa shape index (κ1) is 28.7. The lowest BCUT2D eigenvalue weighted by Crippen LogP contribution is -2.26. The molecule has 2 aromatic heterocycles. The predicted molar refractivity (Wildman–Crippen MR) is 166 cm³/mol. The van der Waals surface area contributed by atoms with Crippen molar-refractivity contribution in [3.05, 3.63) is 110 Å². The van der Waals surface area contributed by atoms with Crippen molar-refractivity contribution in [1.82, 2.24) is 9.36 Å². The zero-order valence-corrected chi connectivity index (χ0v) is 25.0. The lowest BCUT2D eigenvalue weighted by Gasteiger charge is -2.19. The molecule has 8 nitrogen and oxygen atoms in total. The van der Waals surface area contributed by atoms with Gasteiger partial charge in [-0.1, -0.05) is 63.2 Å². The Labute approximate surface area is 244 Å². The smallest absolute Gasteiger partial charge is 0.295 e. The molecule has 0 atom stereocenters. The van der Waals surface area contributed by atoms with Crippen LogP contribution in [0.2, 0.25) is 0 Å². The highest BCUT2D eigenvalue weighted by atomic mass is 16.5. The summed E-state index contributed by atoms with van der Waals surface area (Å²) in [5, 5.41) is 3.05. The number of benzene rings is 3. The average molecular weight is 566 g/mol. The Morgan fingerprint density at radius 3 is 2.21 bits per heavy atom. The van der Waals surface area contributed by atoms with Crippen LogP contribution in [0.25, 0.3) is 28.0 Å². The van der Waals surface area contributed by atoms with Crippen molar-refractivity contribution in [3.63, 3.8) is 0 Å². The number of anilines is 1. The van der Waals surface area contributed by atoms with Crippen LogP contribution >= 0.6 is 0 Å². The second-order valence-corrected chi connectivity index (χ2v) is 11.6. The number of carbonyl (C=O) groups is 1. The fraction of sp³-hybridized carbons (Fsp3) is 0.265. The Balaban J connectivity index is 1.50. The van der Waals surface area contributed by atoms with E-state index in [0.717, 1.165) is 16.7 Å². The monoisotopic (exact) mass is 565 g/mol. The number of nitrogens with zero attached hydrogens (tertiary/aromatic N) is 2. The van der Waals surface area contributed by atoms with E-state index in [1.165, 1.54) is 4.68 Å². The van der Waals surface area contributed by atoms with Gasteiger partial charge in [-0.05, 0) is 67.1 Å². The Morgan fingerprint density at radius 2 is 1.57 bits per heavy atom. The van der Waals surface area contributed by atoms with E-state index in [0.29, 0.717) is 27.9 Å². The minimum absolute atomic E-state index is 0.0521. The van der Waals surface area contributed by atoms with Gasteiger partial charge < -0.3 is 14.5 Å². The Morgan fingerprint density at radius 1 is 0.929 bits per heavy atom. The summed E-state index contributed by atoms with van der Waals surface area (Å²) in [5.74, 6) is -0.392. The summed E-state index contributed by atoms with van der Waals surface area (Å²) in [6, 6.07) is 20.5. The third kappa shape index (κ3) is 5.28. The third-order valence-corrected chi connectivity index (χ3v) is 7.64. The molecular formula is C34H35N3O5. The first-order valence-corrected chi connectivity index (χ1v) is 13.8. The SMILES string of the molecule is Cc1cc2oc(-c3ccc(C(C)(C)C)cc3)c(OCC(=O)Nc3c(C)n(C)n(-c4ccccc4)c3=O)c(=O)c2cc1C. The second-order valence-electron chi connectivity index (χ2n) is 11.6. The highest BCUT2D eigenvalue weighted by Crippen LogP contribution is 2.33. The van der Waals surface area contributed by atoms with Gasteiger partial charge in [0.2, 0.25) is 11.2 Å². The number of carbonyl (C=O) groups excluding carboxylic acids is 1. The summed E-state index contributed by atoms with van der Waals surface area (Å²) in [6.45, 7) is 11.5. The number of ether oxygens (including phenoxy) is 1. The maximum atomic E-state index is 13.7. The summed E-state index contributed by atoms with van der Waals surface area (Å²) in [6.07, 6.45) is 0. The maximum absolute atomic E-state index is 13.7. The number of amides is 1. The molecule has 0 saturated heterocycles. The van der Waals surface area contributed by atoms with Crippen LogP contribution < -0.4 is 21.0 Å². The number of hydrogen-bond donors (Lipinski definition) is 1. The molecule has 0 aliphatic rings. The van der Waals surface area contributed by atoms with E-state index in [1.807, 2.05) is 74.5 Å². The molecule has 0 fully saturated rings. The minimum Gasteiger partial charge on any atom is -0.476 e. The Kier molecular flexibility index (Phi) is 7.41. The van der Waals surface area contributed by atoms with Gasteiger partial charge in [-0.2, -0.15) is 0 Å². The fourth-order valence-electron chi connectivity index (χ4n) is 4.90. The molecule has 0 bridgehead atoms. The molecule has 0 aliphatic heterocycles. The van der Waals surface area contributed by atoms with E-state index < -0.39 is 12.5 Å². The van der Waals surface area contributed by atoms with Gasteiger partial charge in [-0.3, -0.25) is 19.1 Å². The van der Waals surface area contributed by atoms with Gasteiger partial charge in [0.05, 0.1) is 16.8 Å². The molecule has 0 spiro atoms. The van der Waals surface area contributed by atoms with Gasteiger partial charge in [0, 0.05) is 12.6 Å². The average Bonchev–Trinajstić information content (AvgIpc) is 3.16. The van der Waals surface area contributed by atoms with Crippen LogP contribution in [0.15, 0.2) is 80.7 Å². The van der Waals surface area contributed by atoms with Crippen molar-refractivity contribution in [2.45, 2.75) is 47.0 Å². The number of hydrogen-bond acceptors (Lipinski definition) is 5. The van der Waals surface area contributed by atoms with Crippen LogP contribution in [0.3, 0.4) is 0 Å². The number of fused-ring (bicyclic) bond motifs is 1. The molecule has 5 rings (SSSR count). The topological polar surface area (TPSA) is 95.5 Å². The van der Waals surface area contributed by atoms with Crippen molar-refractivity contribution < 1.29 is 13.9 Å². The van der Waals surface area contributed by atoms with E-state index in [9.17, 15) is 14.4 Å². The minimum atomic E-state index is -0.574. The van der Waals surface area contributed by atoms with Gasteiger partial charge in [-0.25, -0.2) is 4.68 Å². The zero-order valence-electron chi connectivity index (χ0n) is 25.0. The van der Waals surface area contributed by atoms with Crippen LogP contribution in [0.1, 0.15) is 43.2 Å². The van der Waals surface area contributed by atoms with Crippen LogP contribution in [-0.4, -0.2) is 21.9 Å². The van der Waals surface area contributed by atoms with Crippen molar-refractivity contribution in [2.24, 2.45) is 7.05 Å². The van der Waals surface area contributed by atoms with Crippen LogP contribution in [0.4, 0.5) is 5.69 Å². The van der Waals surface area contributed by atoms with Gasteiger partial charge in [0.1, 0.15) is 11.3 Å². The molecule has 3 aromatic carbocycles. The van der Waals surface area contributed by atoms with Crippen molar-refractivity contribution in [3.8, 4) is 22.8 Å². The number of aromatic nitrogens is 2. The molecule has 0 saturated carbocycles. The molecule has 216 valence electrons. The van der Waals surface area contributed by atoms with Crippen molar-refractivity contribution in [1.29, 1.82) is 0 Å². The van der Waals surface area contributed by atoms with Gasteiger partial charge in [-0.15, -0.1) is 0 Å². The lowest BCUT2D eigenvalue weighted by atomic mass is 9.86. The van der Waals surface area contributed by atoms with E-state index in [4.69, 9.17) is 9.15 Å². The van der Waals surface area contributed by atoms with Crippen LogP contribution in [0.5, 0.6) is 5.75 Å². The first-order chi connectivity index (χ1) is 19.9. The summed E-state index contributed by atoms with van der Waals surface area (Å²) < 4.78 is 15.3. The molecule has 1 amide bonds. The normalized spacial score (nSPS) is 11.6. The van der Waals surface area contributed by atoms with Crippen LogP contribution in [-0.2, 0) is 17.3 Å². The van der Waals surface area contributed by atoms with Crippen LogP contribution in [0, 0.1) is 20.8 Å². The van der Waals surface area contributed by atoms with Gasteiger partial charge in [0.25, 0.3) is 11.5 Å². The summed E-state index contributed by atoms with van der Waals surface area (Å²) in [7, 11) is 1.75. The Bertz CT molecular complexity index is 1920. The summed E-state index contributed by atoms with van der Waals surface area (Å²) >= 11 is 0. The summed E-state index contributed by atoms with van der Waals surface area (Å²) in [4.78, 5) is 40.1. The molecule has 8 heteroatoms. The first-order valence-electron chi connectivity index (χ1n) is 13.8. The van der Waals surface area contributed by atoms with E-state index in [1.54, 1.807) is 24.7 Å². The Hall–Kier alpha value is -4.85. The second kappa shape index (κ2) is 10.9. The molecule has 0 unspecified atom stereocenters. The maximum Gasteiger partial charge on any atom is 0.295 e. The predicted octanol–water partition coefficient (Wildman–Crippen LogP) is 6.19. The largest absolute Gasteiger partial charge is 0.476 e. The van der Waals surface area contributed by atoms with Crippen molar-refractivity contribution in [2.75, 3.05) is 11.9 Å².